The first kappa shape index (κ1) is 33.2. The van der Waals surface area contributed by atoms with Gasteiger partial charge in [0.1, 0.15) is 25.9 Å². The summed E-state index contributed by atoms with van der Waals surface area (Å²) in [6, 6.07) is 0. The second kappa shape index (κ2) is 12.5. The summed E-state index contributed by atoms with van der Waals surface area (Å²) in [5.41, 5.74) is -4.43. The Kier molecular flexibility index (Phi) is 12.2. The maximum atomic E-state index is 11.6. The smallest absolute Gasteiger partial charge is 0.310 e. The summed E-state index contributed by atoms with van der Waals surface area (Å²) in [6.45, 7) is -0.403. The van der Waals surface area contributed by atoms with Crippen molar-refractivity contribution in [2.24, 2.45) is 0 Å². The highest BCUT2D eigenvalue weighted by atomic mass is 16.4. The fourth-order valence-corrected chi connectivity index (χ4v) is 3.14. The largest absolute Gasteiger partial charge is 0.550 e. The van der Waals surface area contributed by atoms with Gasteiger partial charge in [0.15, 0.2) is 22.8 Å². The lowest BCUT2D eigenvalue weighted by Crippen LogP contribution is -2.56. The molecule has 0 radical (unpaired) electrons. The predicted molar refractivity (Wildman–Crippen MR) is 109 cm³/mol. The van der Waals surface area contributed by atoms with Crippen LogP contribution in [0.3, 0.4) is 0 Å². The first-order valence-corrected chi connectivity index (χ1v) is 9.88. The van der Waals surface area contributed by atoms with Crippen molar-refractivity contribution in [2.45, 2.75) is 36.9 Å². The van der Waals surface area contributed by atoms with E-state index < -0.39 is 72.3 Å². The Hall–Kier alpha value is -2.94. The van der Waals surface area contributed by atoms with Gasteiger partial charge in [-0.2, -0.15) is 0 Å². The molecule has 2 unspecified atom stereocenters. The zero-order valence-electron chi connectivity index (χ0n) is 20.2. The highest BCUT2D eigenvalue weighted by Gasteiger charge is 2.42. The number of carboxylic acid groups (broad SMARTS) is 4. The number of carboxylic acids is 4. The van der Waals surface area contributed by atoms with Gasteiger partial charge in [-0.1, -0.05) is 0 Å². The Labute approximate surface area is 196 Å². The predicted octanol–water partition coefficient (Wildman–Crippen LogP) is -4.78. The van der Waals surface area contributed by atoms with Gasteiger partial charge in [-0.3, -0.25) is 19.2 Å². The molecule has 0 amide bonds. The van der Waals surface area contributed by atoms with Gasteiger partial charge < -0.3 is 49.2 Å². The zero-order valence-corrected chi connectivity index (χ0v) is 20.2. The van der Waals surface area contributed by atoms with Crippen LogP contribution in [0.5, 0.6) is 0 Å². The van der Waals surface area contributed by atoms with E-state index in [0.29, 0.717) is 0 Å². The molecule has 0 rings (SSSR count). The molecule has 4 N–H and O–H groups in total. The van der Waals surface area contributed by atoms with Crippen LogP contribution >= 0.6 is 0 Å². The molecule has 0 bridgehead atoms. The summed E-state index contributed by atoms with van der Waals surface area (Å²) >= 11 is 0. The number of Topliss-reactive ketones (excluding diaryl/α,β-unsaturated/α-hetero) is 2. The van der Waals surface area contributed by atoms with Crippen molar-refractivity contribution in [2.75, 3.05) is 55.4 Å². The van der Waals surface area contributed by atoms with E-state index in [2.05, 4.69) is 0 Å². The third-order valence-electron chi connectivity index (χ3n) is 4.01. The van der Waals surface area contributed by atoms with Crippen molar-refractivity contribution < 1.29 is 68.4 Å². The molecule has 196 valence electrons. The number of carbonyl (C=O) groups excluding carboxylic acids is 4. The van der Waals surface area contributed by atoms with Crippen LogP contribution in [0.1, 0.15) is 25.7 Å². The van der Waals surface area contributed by atoms with Crippen molar-refractivity contribution in [1.29, 1.82) is 0 Å². The summed E-state index contributed by atoms with van der Waals surface area (Å²) in [5, 5.41) is 58.0. The molecule has 34 heavy (non-hydrogen) atoms. The summed E-state index contributed by atoms with van der Waals surface area (Å²) in [6.07, 6.45) is -3.64. The van der Waals surface area contributed by atoms with Crippen molar-refractivity contribution in [3.05, 3.63) is 0 Å². The third kappa shape index (κ3) is 15.0. The number of carbonyl (C=O) groups is 6. The SMILES string of the molecule is C[N+](C)(C)CC(O)(CC(=O)[O-])C(=O)CC(=O)O.C[N+](C)(C)CC(O)(CC(=O)[O-])C(=O)CC(=O)O. The first-order valence-electron chi connectivity index (χ1n) is 9.88. The van der Waals surface area contributed by atoms with E-state index in [0.717, 1.165) is 0 Å². The Bertz CT molecular complexity index is 730. The van der Waals surface area contributed by atoms with Gasteiger partial charge in [-0.05, 0) is 0 Å². The Morgan fingerprint density at radius 3 is 1.00 bits per heavy atom. The Morgan fingerprint density at radius 2 is 0.853 bits per heavy atom. The van der Waals surface area contributed by atoms with Gasteiger partial charge in [0, 0.05) is 24.8 Å². The number of hydrogen-bond acceptors (Lipinski definition) is 10. The average Bonchev–Trinajstić information content (AvgIpc) is 2.48. The first-order chi connectivity index (χ1) is 14.9. The molecule has 14 nitrogen and oxygen atoms in total. The van der Waals surface area contributed by atoms with E-state index in [-0.39, 0.29) is 22.1 Å². The minimum Gasteiger partial charge on any atom is -0.550 e. The quantitative estimate of drug-likeness (QED) is 0.132. The fraction of sp³-hybridized carbons (Fsp3) is 0.700. The van der Waals surface area contributed by atoms with Crippen LogP contribution in [0.4, 0.5) is 0 Å². The van der Waals surface area contributed by atoms with Crippen molar-refractivity contribution in [1.82, 2.24) is 0 Å². The Balaban J connectivity index is 0. The van der Waals surface area contributed by atoms with Gasteiger partial charge >= 0.3 is 11.9 Å². The maximum absolute atomic E-state index is 11.6. The van der Waals surface area contributed by atoms with Crippen LogP contribution in [0, 0.1) is 0 Å². The Morgan fingerprint density at radius 1 is 0.618 bits per heavy atom. The van der Waals surface area contributed by atoms with Gasteiger partial charge in [0.2, 0.25) is 0 Å². The summed E-state index contributed by atoms with van der Waals surface area (Å²) in [7, 11) is 9.88. The van der Waals surface area contributed by atoms with E-state index >= 15 is 0 Å². The van der Waals surface area contributed by atoms with E-state index in [1.54, 1.807) is 42.3 Å². The monoisotopic (exact) mass is 494 g/mol. The summed E-state index contributed by atoms with van der Waals surface area (Å²) < 4.78 is 0.240. The lowest BCUT2D eigenvalue weighted by molar-refractivity contribution is -0.875. The van der Waals surface area contributed by atoms with Crippen LogP contribution < -0.4 is 10.2 Å². The normalized spacial score (nSPS) is 15.1. The minimum atomic E-state index is -2.21. The zero-order chi connectivity index (χ0) is 27.7. The number of nitrogens with zero attached hydrogens (tertiary/aromatic N) is 2. The highest BCUT2D eigenvalue weighted by molar-refractivity contribution is 6.01. The molecule has 0 aliphatic rings. The topological polar surface area (TPSA) is 229 Å². The molecule has 14 heteroatoms. The molecule has 0 heterocycles. The molecule has 0 aliphatic heterocycles. The van der Waals surface area contributed by atoms with E-state index in [1.807, 2.05) is 0 Å². The molecule has 2 atom stereocenters. The van der Waals surface area contributed by atoms with Crippen LogP contribution in [0.15, 0.2) is 0 Å². The third-order valence-corrected chi connectivity index (χ3v) is 4.01. The second-order valence-corrected chi connectivity index (χ2v) is 10.0. The molecule has 0 aromatic heterocycles. The number of quaternary nitrogens is 2. The van der Waals surface area contributed by atoms with Gasteiger partial charge in [-0.15, -0.1) is 0 Å². The molecule has 0 aromatic rings. The van der Waals surface area contributed by atoms with E-state index in [9.17, 15) is 49.2 Å². The highest BCUT2D eigenvalue weighted by Crippen LogP contribution is 2.18. The molecular weight excluding hydrogens is 460 g/mol. The molecule has 0 spiro atoms. The lowest BCUT2D eigenvalue weighted by Gasteiger charge is -2.34. The molecule has 0 saturated heterocycles. The number of rotatable bonds is 14. The summed E-state index contributed by atoms with van der Waals surface area (Å²) in [5.74, 6) is -8.06. The van der Waals surface area contributed by atoms with Gasteiger partial charge in [-0.25, -0.2) is 0 Å². The average molecular weight is 494 g/mol. The van der Waals surface area contributed by atoms with Crippen LogP contribution in [0.25, 0.3) is 0 Å². The number of likely N-dealkylation sites (N-methyl/N-ethyl adjacent to an activating group) is 2. The summed E-state index contributed by atoms with van der Waals surface area (Å²) in [4.78, 5) is 65.0. The molecule has 0 aromatic carbocycles. The number of ketones is 2. The van der Waals surface area contributed by atoms with Gasteiger partial charge in [0.25, 0.3) is 0 Å². The van der Waals surface area contributed by atoms with Crippen molar-refractivity contribution in [3.8, 4) is 0 Å². The molecule has 0 saturated carbocycles. The molecular formula is C20H34N2O12. The molecule has 0 fully saturated rings. The maximum Gasteiger partial charge on any atom is 0.310 e. The lowest BCUT2D eigenvalue weighted by atomic mass is 9.91. The van der Waals surface area contributed by atoms with E-state index in [4.69, 9.17) is 10.2 Å². The van der Waals surface area contributed by atoms with E-state index in [1.165, 1.54) is 0 Å². The number of aliphatic hydroxyl groups is 2. The number of hydrogen-bond donors (Lipinski definition) is 4. The van der Waals surface area contributed by atoms with Crippen LogP contribution in [-0.2, 0) is 28.8 Å². The second-order valence-electron chi connectivity index (χ2n) is 10.0. The van der Waals surface area contributed by atoms with Crippen molar-refractivity contribution in [3.63, 3.8) is 0 Å². The molecule has 0 aliphatic carbocycles. The number of aliphatic carboxylic acids is 4. The van der Waals surface area contributed by atoms with Gasteiger partial charge in [0.05, 0.1) is 42.3 Å². The van der Waals surface area contributed by atoms with Crippen LogP contribution in [0.2, 0.25) is 0 Å². The standard InChI is InChI=1S/2C10H17NO6/c2*1-11(2,3)6-10(17,5-9(15)16)7(12)4-8(13)14/h2*17H,4-6H2,1-3H3,(H-,13,14,15,16). The fourth-order valence-electron chi connectivity index (χ4n) is 3.14. The van der Waals surface area contributed by atoms with Crippen molar-refractivity contribution >= 4 is 35.4 Å². The minimum absolute atomic E-state index is 0.120. The van der Waals surface area contributed by atoms with Crippen LogP contribution in [-0.4, -0.2) is 131 Å².